The minimum absolute atomic E-state index is 0.338. The number of rotatable bonds is 1. The highest BCUT2D eigenvalue weighted by atomic mass is 19.3. The smallest absolute Gasteiger partial charge is 0.294 e. The summed E-state index contributed by atoms with van der Waals surface area (Å²) in [5.74, 6) is -3.61. The summed E-state index contributed by atoms with van der Waals surface area (Å²) in [6, 6.07) is 8.19. The number of amides is 1. The van der Waals surface area contributed by atoms with Crippen LogP contribution in [-0.4, -0.2) is 25.0 Å². The van der Waals surface area contributed by atoms with Crippen molar-refractivity contribution in [3.05, 3.63) is 35.9 Å². The standard InChI is InChI=1S/C11H11F2NO2/c12-11(13)7-14-9(15)6-16-10(11)8-4-2-1-3-5-8/h1-5,10H,6-7H2,(H,14,15). The number of hydrogen-bond acceptors (Lipinski definition) is 2. The monoisotopic (exact) mass is 227 g/mol. The Morgan fingerprint density at radius 3 is 2.69 bits per heavy atom. The average Bonchev–Trinajstić information content (AvgIpc) is 2.40. The second kappa shape index (κ2) is 4.17. The molecule has 1 heterocycles. The first-order valence-corrected chi connectivity index (χ1v) is 4.91. The Hall–Kier alpha value is -1.49. The zero-order valence-electron chi connectivity index (χ0n) is 8.45. The number of nitrogens with one attached hydrogen (secondary N) is 1. The van der Waals surface area contributed by atoms with Crippen LogP contribution in [-0.2, 0) is 9.53 Å². The zero-order valence-corrected chi connectivity index (χ0v) is 8.45. The van der Waals surface area contributed by atoms with Gasteiger partial charge in [0.25, 0.3) is 5.92 Å². The summed E-state index contributed by atoms with van der Waals surface area (Å²) in [7, 11) is 0. The summed E-state index contributed by atoms with van der Waals surface area (Å²) in [4.78, 5) is 11.0. The first-order chi connectivity index (χ1) is 7.59. The van der Waals surface area contributed by atoms with Gasteiger partial charge in [0.1, 0.15) is 12.7 Å². The van der Waals surface area contributed by atoms with E-state index >= 15 is 0 Å². The molecule has 1 fully saturated rings. The molecule has 2 rings (SSSR count). The molecule has 0 bridgehead atoms. The number of alkyl halides is 2. The number of benzene rings is 1. The van der Waals surface area contributed by atoms with E-state index in [1.807, 2.05) is 0 Å². The van der Waals surface area contributed by atoms with Crippen LogP contribution in [0.15, 0.2) is 30.3 Å². The Bertz CT molecular complexity index is 381. The Labute approximate surface area is 91.4 Å². The lowest BCUT2D eigenvalue weighted by Gasteiger charge is -2.23. The molecule has 5 heteroatoms. The molecule has 0 aliphatic carbocycles. The fourth-order valence-corrected chi connectivity index (χ4v) is 1.61. The summed E-state index contributed by atoms with van der Waals surface area (Å²) >= 11 is 0. The molecule has 16 heavy (non-hydrogen) atoms. The minimum atomic E-state index is -3.09. The molecule has 1 saturated heterocycles. The van der Waals surface area contributed by atoms with Crippen molar-refractivity contribution < 1.29 is 18.3 Å². The summed E-state index contributed by atoms with van der Waals surface area (Å²) in [5, 5.41) is 2.12. The fourth-order valence-electron chi connectivity index (χ4n) is 1.61. The van der Waals surface area contributed by atoms with Crippen molar-refractivity contribution in [1.82, 2.24) is 5.32 Å². The van der Waals surface area contributed by atoms with E-state index in [-0.39, 0.29) is 6.61 Å². The quantitative estimate of drug-likeness (QED) is 0.789. The minimum Gasteiger partial charge on any atom is -0.357 e. The Balaban J connectivity index is 2.27. The van der Waals surface area contributed by atoms with Gasteiger partial charge in [0.2, 0.25) is 5.91 Å². The van der Waals surface area contributed by atoms with Crippen molar-refractivity contribution in [1.29, 1.82) is 0 Å². The predicted octanol–water partition coefficient (Wildman–Crippen LogP) is 1.51. The summed E-state index contributed by atoms with van der Waals surface area (Å²) in [6.07, 6.45) is -1.37. The molecule has 1 aromatic carbocycles. The normalized spacial score (nSPS) is 24.6. The second-order valence-electron chi connectivity index (χ2n) is 3.64. The van der Waals surface area contributed by atoms with Crippen LogP contribution in [0.3, 0.4) is 0 Å². The van der Waals surface area contributed by atoms with Crippen molar-refractivity contribution in [3.63, 3.8) is 0 Å². The van der Waals surface area contributed by atoms with Gasteiger partial charge in [-0.15, -0.1) is 0 Å². The van der Waals surface area contributed by atoms with Gasteiger partial charge in [-0.25, -0.2) is 8.78 Å². The van der Waals surface area contributed by atoms with Gasteiger partial charge in [-0.05, 0) is 5.56 Å². The Kier molecular flexibility index (Phi) is 2.87. The lowest BCUT2D eigenvalue weighted by molar-refractivity contribution is -0.134. The van der Waals surface area contributed by atoms with E-state index in [0.29, 0.717) is 5.56 Å². The molecule has 0 aromatic heterocycles. The van der Waals surface area contributed by atoms with E-state index < -0.39 is 24.5 Å². The van der Waals surface area contributed by atoms with Gasteiger partial charge < -0.3 is 10.1 Å². The molecule has 1 aliphatic rings. The van der Waals surface area contributed by atoms with Crippen LogP contribution in [0, 0.1) is 0 Å². The third-order valence-electron chi connectivity index (χ3n) is 2.39. The number of ether oxygens (including phenoxy) is 1. The van der Waals surface area contributed by atoms with Crippen LogP contribution >= 0.6 is 0 Å². The third kappa shape index (κ3) is 2.19. The first-order valence-electron chi connectivity index (χ1n) is 4.91. The van der Waals surface area contributed by atoms with Gasteiger partial charge in [-0.2, -0.15) is 0 Å². The van der Waals surface area contributed by atoms with Crippen LogP contribution in [0.5, 0.6) is 0 Å². The molecule has 1 N–H and O–H groups in total. The van der Waals surface area contributed by atoms with Crippen molar-refractivity contribution in [3.8, 4) is 0 Å². The third-order valence-corrected chi connectivity index (χ3v) is 2.39. The van der Waals surface area contributed by atoms with E-state index in [9.17, 15) is 13.6 Å². The molecule has 3 nitrogen and oxygen atoms in total. The Morgan fingerprint density at radius 2 is 2.00 bits per heavy atom. The second-order valence-corrected chi connectivity index (χ2v) is 3.64. The highest BCUT2D eigenvalue weighted by Gasteiger charge is 2.43. The number of hydrogen-bond donors (Lipinski definition) is 1. The zero-order chi connectivity index (χ0) is 11.6. The predicted molar refractivity (Wildman–Crippen MR) is 53.1 cm³/mol. The topological polar surface area (TPSA) is 38.3 Å². The van der Waals surface area contributed by atoms with Crippen LogP contribution in [0.25, 0.3) is 0 Å². The van der Waals surface area contributed by atoms with Gasteiger partial charge in [0, 0.05) is 0 Å². The van der Waals surface area contributed by atoms with E-state index in [2.05, 4.69) is 5.32 Å². The van der Waals surface area contributed by atoms with Gasteiger partial charge in [0.15, 0.2) is 0 Å². The molecule has 86 valence electrons. The van der Waals surface area contributed by atoms with Crippen molar-refractivity contribution in [2.45, 2.75) is 12.0 Å². The summed E-state index contributed by atoms with van der Waals surface area (Å²) in [5.41, 5.74) is 0.379. The van der Waals surface area contributed by atoms with Crippen LogP contribution in [0.2, 0.25) is 0 Å². The molecular weight excluding hydrogens is 216 g/mol. The molecular formula is C11H11F2NO2. The fraction of sp³-hybridized carbons (Fsp3) is 0.364. The van der Waals surface area contributed by atoms with Crippen molar-refractivity contribution in [2.24, 2.45) is 0 Å². The van der Waals surface area contributed by atoms with Crippen molar-refractivity contribution in [2.75, 3.05) is 13.2 Å². The van der Waals surface area contributed by atoms with E-state index in [1.54, 1.807) is 30.3 Å². The van der Waals surface area contributed by atoms with Gasteiger partial charge >= 0.3 is 0 Å². The summed E-state index contributed by atoms with van der Waals surface area (Å²) < 4.78 is 32.3. The molecule has 1 unspecified atom stereocenters. The summed E-state index contributed by atoms with van der Waals surface area (Å²) in [6.45, 7) is -1.03. The maximum atomic E-state index is 13.6. The van der Waals surface area contributed by atoms with Gasteiger partial charge in [0.05, 0.1) is 6.54 Å². The number of halogens is 2. The number of carbonyl (C=O) groups excluding carboxylic acids is 1. The van der Waals surface area contributed by atoms with E-state index in [4.69, 9.17) is 4.74 Å². The maximum Gasteiger partial charge on any atom is 0.294 e. The first kappa shape index (κ1) is 11.0. The molecule has 1 atom stereocenters. The highest BCUT2D eigenvalue weighted by Crippen LogP contribution is 2.35. The van der Waals surface area contributed by atoms with Crippen LogP contribution < -0.4 is 5.32 Å². The maximum absolute atomic E-state index is 13.6. The highest BCUT2D eigenvalue weighted by molar-refractivity contribution is 5.77. The van der Waals surface area contributed by atoms with E-state index in [0.717, 1.165) is 0 Å². The van der Waals surface area contributed by atoms with Crippen molar-refractivity contribution >= 4 is 5.91 Å². The SMILES string of the molecule is O=C1COC(c2ccccc2)C(F)(F)CN1. The van der Waals surface area contributed by atoms with E-state index in [1.165, 1.54) is 0 Å². The molecule has 0 saturated carbocycles. The molecule has 0 radical (unpaired) electrons. The van der Waals surface area contributed by atoms with Gasteiger partial charge in [-0.1, -0.05) is 30.3 Å². The number of carbonyl (C=O) groups is 1. The van der Waals surface area contributed by atoms with Gasteiger partial charge in [-0.3, -0.25) is 4.79 Å². The van der Waals surface area contributed by atoms with Crippen LogP contribution in [0.1, 0.15) is 11.7 Å². The molecule has 1 amide bonds. The largest absolute Gasteiger partial charge is 0.357 e. The lowest BCUT2D eigenvalue weighted by atomic mass is 10.0. The lowest BCUT2D eigenvalue weighted by Crippen LogP contribution is -2.37. The molecule has 1 aliphatic heterocycles. The Morgan fingerprint density at radius 1 is 1.31 bits per heavy atom. The molecule has 1 aromatic rings. The van der Waals surface area contributed by atoms with Crippen LogP contribution in [0.4, 0.5) is 8.78 Å². The molecule has 0 spiro atoms. The average molecular weight is 227 g/mol.